The lowest BCUT2D eigenvalue weighted by molar-refractivity contribution is 0.626. The fourth-order valence-corrected chi connectivity index (χ4v) is 2.20. The van der Waals surface area contributed by atoms with Crippen molar-refractivity contribution in [3.05, 3.63) is 36.5 Å². The van der Waals surface area contributed by atoms with Gasteiger partial charge in [0, 0.05) is 23.1 Å². The number of hydrogen-bond donors (Lipinski definition) is 0. The van der Waals surface area contributed by atoms with E-state index in [4.69, 9.17) is 0 Å². The third-order valence-electron chi connectivity index (χ3n) is 2.68. The van der Waals surface area contributed by atoms with Crippen molar-refractivity contribution in [2.45, 2.75) is 31.1 Å². The molecule has 1 nitrogen and oxygen atoms in total. The zero-order valence-corrected chi connectivity index (χ0v) is 10.6. The molecule has 1 unspecified atom stereocenters. The molecule has 1 atom stereocenters. The average Bonchev–Trinajstić information content (AvgIpc) is 2.62. The second-order valence-electron chi connectivity index (χ2n) is 3.99. The Kier molecular flexibility index (Phi) is 3.47. The first-order valence-corrected chi connectivity index (χ1v) is 6.37. The van der Waals surface area contributed by atoms with Gasteiger partial charge in [-0.05, 0) is 30.4 Å². The molecule has 1 heterocycles. The van der Waals surface area contributed by atoms with E-state index in [1.807, 2.05) is 0 Å². The maximum absolute atomic E-state index is 3.58. The number of aryl methyl sites for hydroxylation is 1. The number of para-hydroxylation sites is 1. The van der Waals surface area contributed by atoms with E-state index in [1.54, 1.807) is 0 Å². The molecule has 0 aliphatic rings. The standard InChI is InChI=1S/C13H16BrN/c1-11(14)5-4-9-15-10-8-12-6-2-3-7-13(12)15/h2-3,6-8,10-11H,4-5,9H2,1H3. The van der Waals surface area contributed by atoms with E-state index in [2.05, 4.69) is 63.9 Å². The molecule has 0 aliphatic heterocycles. The third kappa shape index (κ3) is 2.63. The molecule has 0 saturated carbocycles. The van der Waals surface area contributed by atoms with E-state index in [9.17, 15) is 0 Å². The van der Waals surface area contributed by atoms with Crippen LogP contribution in [0.25, 0.3) is 10.9 Å². The summed E-state index contributed by atoms with van der Waals surface area (Å²) in [7, 11) is 0. The number of alkyl halides is 1. The highest BCUT2D eigenvalue weighted by molar-refractivity contribution is 9.09. The molecule has 2 heteroatoms. The van der Waals surface area contributed by atoms with E-state index in [0.717, 1.165) is 6.54 Å². The van der Waals surface area contributed by atoms with Crippen molar-refractivity contribution in [3.63, 3.8) is 0 Å². The van der Waals surface area contributed by atoms with Crippen LogP contribution in [-0.4, -0.2) is 9.39 Å². The van der Waals surface area contributed by atoms with Crippen LogP contribution in [0, 0.1) is 0 Å². The Morgan fingerprint density at radius 3 is 2.87 bits per heavy atom. The molecule has 2 aromatic rings. The lowest BCUT2D eigenvalue weighted by Gasteiger charge is -2.06. The van der Waals surface area contributed by atoms with Crippen LogP contribution in [0.2, 0.25) is 0 Å². The van der Waals surface area contributed by atoms with E-state index in [-0.39, 0.29) is 0 Å². The van der Waals surface area contributed by atoms with Gasteiger partial charge < -0.3 is 4.57 Å². The molecule has 2 rings (SSSR count). The molecule has 1 aromatic carbocycles. The molecule has 0 N–H and O–H groups in total. The molecule has 0 radical (unpaired) electrons. The third-order valence-corrected chi connectivity index (χ3v) is 3.14. The normalized spacial score (nSPS) is 13.2. The van der Waals surface area contributed by atoms with Crippen LogP contribution >= 0.6 is 15.9 Å². The minimum atomic E-state index is 0.624. The summed E-state index contributed by atoms with van der Waals surface area (Å²) >= 11 is 3.58. The van der Waals surface area contributed by atoms with Crippen LogP contribution in [0.4, 0.5) is 0 Å². The molecule has 0 amide bonds. The number of benzene rings is 1. The maximum Gasteiger partial charge on any atom is 0.0480 e. The second kappa shape index (κ2) is 4.84. The van der Waals surface area contributed by atoms with Crippen molar-refractivity contribution in [2.75, 3.05) is 0 Å². The number of aromatic nitrogens is 1. The summed E-state index contributed by atoms with van der Waals surface area (Å²) in [6.45, 7) is 3.32. The van der Waals surface area contributed by atoms with Crippen molar-refractivity contribution < 1.29 is 0 Å². The summed E-state index contributed by atoms with van der Waals surface area (Å²) < 4.78 is 2.34. The predicted octanol–water partition coefficient (Wildman–Crippen LogP) is 4.20. The fraction of sp³-hybridized carbons (Fsp3) is 0.385. The predicted molar refractivity (Wildman–Crippen MR) is 69.6 cm³/mol. The van der Waals surface area contributed by atoms with Crippen molar-refractivity contribution >= 4 is 26.8 Å². The Bertz CT molecular complexity index is 431. The van der Waals surface area contributed by atoms with Gasteiger partial charge in [0.05, 0.1) is 0 Å². The highest BCUT2D eigenvalue weighted by atomic mass is 79.9. The Labute approximate surface area is 99.2 Å². The van der Waals surface area contributed by atoms with Gasteiger partial charge in [-0.3, -0.25) is 0 Å². The first-order valence-electron chi connectivity index (χ1n) is 5.45. The Morgan fingerprint density at radius 2 is 2.07 bits per heavy atom. The van der Waals surface area contributed by atoms with Crippen LogP contribution in [0.15, 0.2) is 36.5 Å². The molecule has 1 aromatic heterocycles. The Balaban J connectivity index is 2.08. The summed E-state index contributed by atoms with van der Waals surface area (Å²) in [4.78, 5) is 0.624. The number of fused-ring (bicyclic) bond motifs is 1. The van der Waals surface area contributed by atoms with Gasteiger partial charge in [0.25, 0.3) is 0 Å². The number of rotatable bonds is 4. The van der Waals surface area contributed by atoms with E-state index < -0.39 is 0 Å². The zero-order chi connectivity index (χ0) is 10.7. The van der Waals surface area contributed by atoms with Gasteiger partial charge in [0.1, 0.15) is 0 Å². The van der Waals surface area contributed by atoms with Crippen molar-refractivity contribution in [1.82, 2.24) is 4.57 Å². The summed E-state index contributed by atoms with van der Waals surface area (Å²) in [5, 5.41) is 1.34. The van der Waals surface area contributed by atoms with Gasteiger partial charge in [-0.2, -0.15) is 0 Å². The molecular formula is C13H16BrN. The van der Waals surface area contributed by atoms with Crippen LogP contribution in [0.5, 0.6) is 0 Å². The average molecular weight is 266 g/mol. The molecule has 0 aliphatic carbocycles. The molecule has 15 heavy (non-hydrogen) atoms. The van der Waals surface area contributed by atoms with Crippen molar-refractivity contribution in [3.8, 4) is 0 Å². The van der Waals surface area contributed by atoms with Gasteiger partial charge in [-0.15, -0.1) is 0 Å². The topological polar surface area (TPSA) is 4.93 Å². The van der Waals surface area contributed by atoms with Gasteiger partial charge in [0.15, 0.2) is 0 Å². The molecule has 0 fully saturated rings. The fourth-order valence-electron chi connectivity index (χ4n) is 1.88. The molecular weight excluding hydrogens is 250 g/mol. The van der Waals surface area contributed by atoms with Crippen LogP contribution in [-0.2, 0) is 6.54 Å². The minimum absolute atomic E-state index is 0.624. The summed E-state index contributed by atoms with van der Waals surface area (Å²) in [6, 6.07) is 10.7. The molecule has 0 spiro atoms. The number of halogens is 1. The number of hydrogen-bond acceptors (Lipinski definition) is 0. The van der Waals surface area contributed by atoms with Crippen molar-refractivity contribution in [1.29, 1.82) is 0 Å². The van der Waals surface area contributed by atoms with Crippen molar-refractivity contribution in [2.24, 2.45) is 0 Å². The first kappa shape index (κ1) is 10.7. The lowest BCUT2D eigenvalue weighted by atomic mass is 10.2. The SMILES string of the molecule is CC(Br)CCCn1ccc2ccccc21. The maximum atomic E-state index is 3.58. The van der Waals surface area contributed by atoms with E-state index in [1.165, 1.54) is 23.7 Å². The monoisotopic (exact) mass is 265 g/mol. The smallest absolute Gasteiger partial charge is 0.0480 e. The van der Waals surface area contributed by atoms with E-state index in [0.29, 0.717) is 4.83 Å². The molecule has 0 bridgehead atoms. The van der Waals surface area contributed by atoms with Gasteiger partial charge >= 0.3 is 0 Å². The van der Waals surface area contributed by atoms with Crippen LogP contribution in [0.1, 0.15) is 19.8 Å². The quantitative estimate of drug-likeness (QED) is 0.731. The summed E-state index contributed by atoms with van der Waals surface area (Å²) in [5.41, 5.74) is 1.35. The van der Waals surface area contributed by atoms with Crippen LogP contribution in [0.3, 0.4) is 0 Å². The lowest BCUT2D eigenvalue weighted by Crippen LogP contribution is -1.98. The van der Waals surface area contributed by atoms with E-state index >= 15 is 0 Å². The van der Waals surface area contributed by atoms with Crippen LogP contribution < -0.4 is 0 Å². The minimum Gasteiger partial charge on any atom is -0.347 e. The Hall–Kier alpha value is -0.760. The molecule has 0 saturated heterocycles. The molecule has 80 valence electrons. The first-order chi connectivity index (χ1) is 7.27. The summed E-state index contributed by atoms with van der Waals surface area (Å²) in [5.74, 6) is 0. The highest BCUT2D eigenvalue weighted by Gasteiger charge is 2.00. The highest BCUT2D eigenvalue weighted by Crippen LogP contribution is 2.16. The van der Waals surface area contributed by atoms with Gasteiger partial charge in [0.2, 0.25) is 0 Å². The second-order valence-corrected chi connectivity index (χ2v) is 5.55. The largest absolute Gasteiger partial charge is 0.347 e. The van der Waals surface area contributed by atoms with Gasteiger partial charge in [-0.25, -0.2) is 0 Å². The summed E-state index contributed by atoms with van der Waals surface area (Å²) in [6.07, 6.45) is 4.64. The zero-order valence-electron chi connectivity index (χ0n) is 8.99. The number of nitrogens with zero attached hydrogens (tertiary/aromatic N) is 1. The van der Waals surface area contributed by atoms with Gasteiger partial charge in [-0.1, -0.05) is 41.1 Å². The Morgan fingerprint density at radius 1 is 1.27 bits per heavy atom.